The first-order valence-electron chi connectivity index (χ1n) is 8.41. The molecule has 0 aromatic heterocycles. The third-order valence-electron chi connectivity index (χ3n) is 4.55. The predicted octanol–water partition coefficient (Wildman–Crippen LogP) is 2.70. The highest BCUT2D eigenvalue weighted by Crippen LogP contribution is 2.32. The molecule has 2 heterocycles. The van der Waals surface area contributed by atoms with E-state index >= 15 is 0 Å². The monoisotopic (exact) mass is 336 g/mol. The number of likely N-dealkylation sites (tertiary alicyclic amines) is 1. The zero-order chi connectivity index (χ0) is 16.4. The molecule has 0 aliphatic carbocycles. The standard InChI is InChI=1S/C18H25ClN2O2/c1-12(2)8-20-18(22)16-7-15-10-21(11-17(16)23-15)9-13-4-3-5-14(19)6-13/h3-6,12,15-17H,7-11H2,1-2H3,(H,20,22)/t15-,16+,17-/m1/s1. The summed E-state index contributed by atoms with van der Waals surface area (Å²) in [5.74, 6) is 0.610. The highest BCUT2D eigenvalue weighted by molar-refractivity contribution is 6.30. The molecule has 1 aromatic carbocycles. The van der Waals surface area contributed by atoms with Gasteiger partial charge in [-0.05, 0) is 30.0 Å². The Balaban J connectivity index is 1.58. The van der Waals surface area contributed by atoms with Gasteiger partial charge in [0.25, 0.3) is 0 Å². The van der Waals surface area contributed by atoms with Gasteiger partial charge in [0, 0.05) is 31.2 Å². The number of nitrogens with zero attached hydrogens (tertiary/aromatic N) is 1. The van der Waals surface area contributed by atoms with Crippen LogP contribution in [0.3, 0.4) is 0 Å². The highest BCUT2D eigenvalue weighted by atomic mass is 35.5. The third kappa shape index (κ3) is 4.25. The number of carbonyl (C=O) groups excluding carboxylic acids is 1. The second-order valence-corrected chi connectivity index (χ2v) is 7.54. The van der Waals surface area contributed by atoms with E-state index < -0.39 is 0 Å². The maximum Gasteiger partial charge on any atom is 0.225 e. The lowest BCUT2D eigenvalue weighted by atomic mass is 9.99. The van der Waals surface area contributed by atoms with Crippen molar-refractivity contribution in [2.45, 2.75) is 39.0 Å². The number of carbonyl (C=O) groups is 1. The maximum atomic E-state index is 12.4. The first-order chi connectivity index (χ1) is 11.0. The van der Waals surface area contributed by atoms with E-state index in [0.29, 0.717) is 5.92 Å². The molecule has 0 unspecified atom stereocenters. The molecule has 3 rings (SSSR count). The van der Waals surface area contributed by atoms with Crippen LogP contribution in [0.2, 0.25) is 5.02 Å². The first-order valence-corrected chi connectivity index (χ1v) is 8.79. The van der Waals surface area contributed by atoms with E-state index in [-0.39, 0.29) is 24.0 Å². The van der Waals surface area contributed by atoms with Gasteiger partial charge in [-0.3, -0.25) is 9.69 Å². The van der Waals surface area contributed by atoms with Crippen LogP contribution in [0.15, 0.2) is 24.3 Å². The molecule has 23 heavy (non-hydrogen) atoms. The number of ether oxygens (including phenoxy) is 1. The number of hydrogen-bond acceptors (Lipinski definition) is 3. The zero-order valence-corrected chi connectivity index (χ0v) is 14.6. The summed E-state index contributed by atoms with van der Waals surface area (Å²) in [7, 11) is 0. The van der Waals surface area contributed by atoms with Crippen molar-refractivity contribution in [3.05, 3.63) is 34.9 Å². The van der Waals surface area contributed by atoms with Crippen molar-refractivity contribution < 1.29 is 9.53 Å². The van der Waals surface area contributed by atoms with E-state index in [1.165, 1.54) is 5.56 Å². The van der Waals surface area contributed by atoms with Crippen molar-refractivity contribution in [3.63, 3.8) is 0 Å². The fourth-order valence-electron chi connectivity index (χ4n) is 3.47. The summed E-state index contributed by atoms with van der Waals surface area (Å²) in [5.41, 5.74) is 1.21. The zero-order valence-electron chi connectivity index (χ0n) is 13.8. The lowest BCUT2D eigenvalue weighted by Gasteiger charge is -2.32. The quantitative estimate of drug-likeness (QED) is 0.899. The van der Waals surface area contributed by atoms with Gasteiger partial charge in [0.05, 0.1) is 18.1 Å². The topological polar surface area (TPSA) is 41.6 Å². The van der Waals surface area contributed by atoms with Crippen molar-refractivity contribution in [2.24, 2.45) is 11.8 Å². The molecule has 1 amide bonds. The first kappa shape index (κ1) is 16.7. The summed E-state index contributed by atoms with van der Waals surface area (Å²) >= 11 is 6.06. The summed E-state index contributed by atoms with van der Waals surface area (Å²) in [6, 6.07) is 7.97. The molecule has 126 valence electrons. The molecule has 3 atom stereocenters. The van der Waals surface area contributed by atoms with E-state index in [2.05, 4.69) is 30.1 Å². The maximum absolute atomic E-state index is 12.4. The average molecular weight is 337 g/mol. The molecule has 2 aliphatic heterocycles. The van der Waals surface area contributed by atoms with Gasteiger partial charge in [0.15, 0.2) is 0 Å². The van der Waals surface area contributed by atoms with Crippen molar-refractivity contribution in [3.8, 4) is 0 Å². The van der Waals surface area contributed by atoms with Gasteiger partial charge >= 0.3 is 0 Å². The molecule has 1 N–H and O–H groups in total. The SMILES string of the molecule is CC(C)CNC(=O)[C@H]1C[C@@H]2CN(Cc3cccc(Cl)c3)C[C@H]1O2. The predicted molar refractivity (Wildman–Crippen MR) is 91.3 cm³/mol. The normalized spacial score (nSPS) is 27.4. The number of benzene rings is 1. The Kier molecular flexibility index (Phi) is 5.24. The molecule has 1 aromatic rings. The molecule has 4 nitrogen and oxygen atoms in total. The summed E-state index contributed by atoms with van der Waals surface area (Å²) in [6.45, 7) is 7.50. The van der Waals surface area contributed by atoms with Gasteiger partial charge in [-0.25, -0.2) is 0 Å². The smallest absolute Gasteiger partial charge is 0.225 e. The molecule has 2 saturated heterocycles. The third-order valence-corrected chi connectivity index (χ3v) is 4.78. The van der Waals surface area contributed by atoms with Crippen LogP contribution >= 0.6 is 11.6 Å². The van der Waals surface area contributed by atoms with Gasteiger partial charge in [-0.1, -0.05) is 37.6 Å². The van der Waals surface area contributed by atoms with Crippen LogP contribution in [0.4, 0.5) is 0 Å². The van der Waals surface area contributed by atoms with Crippen LogP contribution < -0.4 is 5.32 Å². The minimum Gasteiger partial charge on any atom is -0.371 e. The number of nitrogens with one attached hydrogen (secondary N) is 1. The Morgan fingerprint density at radius 1 is 1.43 bits per heavy atom. The largest absolute Gasteiger partial charge is 0.371 e. The summed E-state index contributed by atoms with van der Waals surface area (Å²) < 4.78 is 6.00. The molecule has 2 fully saturated rings. The lowest BCUT2D eigenvalue weighted by Crippen LogP contribution is -2.45. The van der Waals surface area contributed by atoms with Crippen LogP contribution in [0.25, 0.3) is 0 Å². The van der Waals surface area contributed by atoms with Crippen LogP contribution in [-0.2, 0) is 16.1 Å². The fourth-order valence-corrected chi connectivity index (χ4v) is 3.68. The molecular formula is C18H25ClN2O2. The molecule has 2 bridgehead atoms. The second kappa shape index (κ2) is 7.20. The fraction of sp³-hybridized carbons (Fsp3) is 0.611. The molecule has 5 heteroatoms. The Morgan fingerprint density at radius 2 is 2.26 bits per heavy atom. The van der Waals surface area contributed by atoms with E-state index in [0.717, 1.165) is 37.6 Å². The molecule has 0 saturated carbocycles. The molecule has 2 aliphatic rings. The molecule has 0 spiro atoms. The van der Waals surface area contributed by atoms with E-state index in [1.54, 1.807) is 0 Å². The Labute approximate surface area is 143 Å². The minimum absolute atomic E-state index is 0.0110. The number of rotatable bonds is 5. The second-order valence-electron chi connectivity index (χ2n) is 7.10. The van der Waals surface area contributed by atoms with Gasteiger partial charge in [-0.15, -0.1) is 0 Å². The highest BCUT2D eigenvalue weighted by Gasteiger charge is 2.44. The van der Waals surface area contributed by atoms with Crippen molar-refractivity contribution in [1.82, 2.24) is 10.2 Å². The number of hydrogen-bond donors (Lipinski definition) is 1. The van der Waals surface area contributed by atoms with Crippen molar-refractivity contribution in [2.75, 3.05) is 19.6 Å². The Morgan fingerprint density at radius 3 is 3.00 bits per heavy atom. The number of halogens is 1. The van der Waals surface area contributed by atoms with Gasteiger partial charge in [0.2, 0.25) is 5.91 Å². The summed E-state index contributed by atoms with van der Waals surface area (Å²) in [5, 5.41) is 3.82. The number of amides is 1. The lowest BCUT2D eigenvalue weighted by molar-refractivity contribution is -0.128. The van der Waals surface area contributed by atoms with Crippen molar-refractivity contribution in [1.29, 1.82) is 0 Å². The van der Waals surface area contributed by atoms with Crippen molar-refractivity contribution >= 4 is 17.5 Å². The average Bonchev–Trinajstić information content (AvgIpc) is 2.79. The van der Waals surface area contributed by atoms with Crippen LogP contribution in [0.1, 0.15) is 25.8 Å². The van der Waals surface area contributed by atoms with E-state index in [1.807, 2.05) is 18.2 Å². The molecule has 0 radical (unpaired) electrons. The summed E-state index contributed by atoms with van der Waals surface area (Å²) in [4.78, 5) is 14.8. The Bertz CT molecular complexity index is 564. The van der Waals surface area contributed by atoms with E-state index in [4.69, 9.17) is 16.3 Å². The van der Waals surface area contributed by atoms with Crippen LogP contribution in [-0.4, -0.2) is 42.6 Å². The van der Waals surface area contributed by atoms with Crippen LogP contribution in [0, 0.1) is 11.8 Å². The minimum atomic E-state index is -0.0110. The van der Waals surface area contributed by atoms with Gasteiger partial charge < -0.3 is 10.1 Å². The summed E-state index contributed by atoms with van der Waals surface area (Å²) in [6.07, 6.45) is 1.02. The van der Waals surface area contributed by atoms with Gasteiger partial charge in [0.1, 0.15) is 0 Å². The van der Waals surface area contributed by atoms with E-state index in [9.17, 15) is 4.79 Å². The van der Waals surface area contributed by atoms with Gasteiger partial charge in [-0.2, -0.15) is 0 Å². The number of morpholine rings is 1. The Hall–Kier alpha value is -1.10. The molecular weight excluding hydrogens is 312 g/mol. The number of fused-ring (bicyclic) bond motifs is 2. The van der Waals surface area contributed by atoms with Crippen LogP contribution in [0.5, 0.6) is 0 Å².